The zero-order chi connectivity index (χ0) is 9.56. The van der Waals surface area contributed by atoms with Crippen LogP contribution in [0.25, 0.3) is 0 Å². The third-order valence-electron chi connectivity index (χ3n) is 1.16. The van der Waals surface area contributed by atoms with E-state index < -0.39 is 5.97 Å². The predicted octanol–water partition coefficient (Wildman–Crippen LogP) is -0.605. The van der Waals surface area contributed by atoms with Crippen LogP contribution in [-0.4, -0.2) is 27.3 Å². The fraction of sp³-hybridized carbons (Fsp3) is 0.333. The van der Waals surface area contributed by atoms with E-state index in [9.17, 15) is 4.79 Å². The van der Waals surface area contributed by atoms with Crippen LogP contribution in [0.5, 0.6) is 0 Å². The summed E-state index contributed by atoms with van der Waals surface area (Å²) in [4.78, 5) is 10.9. The number of methoxy groups -OCH3 is 1. The molecular weight excluding hydrogens is 175 g/mol. The highest BCUT2D eigenvalue weighted by molar-refractivity contribution is 8.02. The molecule has 0 fully saturated rings. The van der Waals surface area contributed by atoms with E-state index in [1.807, 2.05) is 0 Å². The van der Waals surface area contributed by atoms with Gasteiger partial charge in [-0.05, 0) is 6.26 Å². The molecule has 0 spiro atoms. The highest BCUT2D eigenvalue weighted by Crippen LogP contribution is 2.13. The third-order valence-corrected chi connectivity index (χ3v) is 1.98. The standard InChI is InChI=1S/C6H9BN2O2S/c1-11-6(10)4(3-8)5(9-7)12-2/h9H,7H2,1-2H3/b5-4-. The maximum atomic E-state index is 10.9. The van der Waals surface area contributed by atoms with Crippen LogP contribution in [0.4, 0.5) is 0 Å². The van der Waals surface area contributed by atoms with Gasteiger partial charge in [0, 0.05) is 0 Å². The second kappa shape index (κ2) is 5.55. The molecule has 12 heavy (non-hydrogen) atoms. The Hall–Kier alpha value is -1.09. The molecule has 0 bridgehead atoms. The summed E-state index contributed by atoms with van der Waals surface area (Å²) in [6, 6.07) is 1.78. The largest absolute Gasteiger partial charge is 0.465 e. The first-order valence-corrected chi connectivity index (χ1v) is 4.38. The van der Waals surface area contributed by atoms with E-state index >= 15 is 0 Å². The van der Waals surface area contributed by atoms with Crippen LogP contribution in [0, 0.1) is 11.3 Å². The molecule has 0 aliphatic carbocycles. The third kappa shape index (κ3) is 2.51. The molecule has 0 unspecified atom stereocenters. The number of esters is 1. The number of thioether (sulfide) groups is 1. The summed E-state index contributed by atoms with van der Waals surface area (Å²) in [5.41, 5.74) is 0.00694. The summed E-state index contributed by atoms with van der Waals surface area (Å²) in [6.07, 6.45) is 1.77. The summed E-state index contributed by atoms with van der Waals surface area (Å²) < 4.78 is 4.42. The van der Waals surface area contributed by atoms with Crippen LogP contribution in [0.3, 0.4) is 0 Å². The molecule has 0 atom stereocenters. The Morgan fingerprint density at radius 2 is 2.33 bits per heavy atom. The van der Waals surface area contributed by atoms with E-state index in [1.165, 1.54) is 18.9 Å². The fourth-order valence-electron chi connectivity index (χ4n) is 0.620. The summed E-state index contributed by atoms with van der Waals surface area (Å²) >= 11 is 1.29. The van der Waals surface area contributed by atoms with E-state index in [0.717, 1.165) is 0 Å². The van der Waals surface area contributed by atoms with Crippen molar-refractivity contribution in [2.24, 2.45) is 0 Å². The van der Waals surface area contributed by atoms with E-state index in [-0.39, 0.29) is 5.57 Å². The minimum Gasteiger partial charge on any atom is -0.465 e. The van der Waals surface area contributed by atoms with Gasteiger partial charge in [0.05, 0.1) is 12.1 Å². The van der Waals surface area contributed by atoms with Gasteiger partial charge in [-0.15, -0.1) is 11.8 Å². The van der Waals surface area contributed by atoms with Crippen LogP contribution in [-0.2, 0) is 9.53 Å². The molecular formula is C6H9BN2O2S. The minimum absolute atomic E-state index is 0.00694. The van der Waals surface area contributed by atoms with Gasteiger partial charge in [0.2, 0.25) is 7.98 Å². The van der Waals surface area contributed by atoms with Gasteiger partial charge in [-0.1, -0.05) is 0 Å². The molecule has 0 aromatic carbocycles. The number of rotatable bonds is 3. The number of hydrogen-bond acceptors (Lipinski definition) is 5. The maximum absolute atomic E-state index is 10.9. The van der Waals surface area contributed by atoms with Crippen molar-refractivity contribution in [2.45, 2.75) is 0 Å². The molecule has 0 heterocycles. The molecule has 0 aliphatic rings. The second-order valence-electron chi connectivity index (χ2n) is 1.76. The van der Waals surface area contributed by atoms with Gasteiger partial charge in [0.1, 0.15) is 6.07 Å². The second-order valence-corrected chi connectivity index (χ2v) is 2.58. The van der Waals surface area contributed by atoms with Gasteiger partial charge in [-0.3, -0.25) is 0 Å². The zero-order valence-corrected chi connectivity index (χ0v) is 7.99. The van der Waals surface area contributed by atoms with E-state index in [1.54, 1.807) is 20.3 Å². The van der Waals surface area contributed by atoms with Crippen molar-refractivity contribution < 1.29 is 9.53 Å². The number of nitriles is 1. The Morgan fingerprint density at radius 3 is 2.58 bits per heavy atom. The van der Waals surface area contributed by atoms with Crippen molar-refractivity contribution in [1.29, 1.82) is 5.26 Å². The van der Waals surface area contributed by atoms with Gasteiger partial charge >= 0.3 is 5.97 Å². The van der Waals surface area contributed by atoms with Crippen molar-refractivity contribution >= 4 is 25.7 Å². The molecule has 0 aliphatic heterocycles. The Kier molecular flexibility index (Phi) is 5.05. The first kappa shape index (κ1) is 10.9. The lowest BCUT2D eigenvalue weighted by Crippen LogP contribution is -2.13. The molecule has 6 heteroatoms. The maximum Gasteiger partial charge on any atom is 0.351 e. The van der Waals surface area contributed by atoms with Crippen molar-refractivity contribution in [2.75, 3.05) is 13.4 Å². The Morgan fingerprint density at radius 1 is 1.75 bits per heavy atom. The smallest absolute Gasteiger partial charge is 0.351 e. The Labute approximate surface area is 76.4 Å². The van der Waals surface area contributed by atoms with Crippen LogP contribution >= 0.6 is 11.8 Å². The van der Waals surface area contributed by atoms with Gasteiger partial charge in [0.25, 0.3) is 0 Å². The lowest BCUT2D eigenvalue weighted by Gasteiger charge is -2.04. The molecule has 0 aromatic rings. The lowest BCUT2D eigenvalue weighted by atomic mass is 10.3. The summed E-state index contributed by atoms with van der Waals surface area (Å²) in [5, 5.41) is 11.9. The molecule has 64 valence electrons. The van der Waals surface area contributed by atoms with Crippen molar-refractivity contribution in [3.63, 3.8) is 0 Å². The number of carbonyl (C=O) groups is 1. The van der Waals surface area contributed by atoms with Crippen LogP contribution in [0.1, 0.15) is 0 Å². The molecule has 1 N–H and O–H groups in total. The van der Waals surface area contributed by atoms with Crippen molar-refractivity contribution in [3.05, 3.63) is 10.6 Å². The molecule has 0 saturated carbocycles. The average molecular weight is 184 g/mol. The average Bonchev–Trinajstić information content (AvgIpc) is 2.12. The molecule has 0 rings (SSSR count). The van der Waals surface area contributed by atoms with Crippen LogP contribution in [0.2, 0.25) is 0 Å². The zero-order valence-electron chi connectivity index (χ0n) is 7.17. The number of nitrogens with zero attached hydrogens (tertiary/aromatic N) is 1. The molecule has 4 nitrogen and oxygen atoms in total. The SMILES string of the molecule is BN/C(SC)=C(\C#N)C(=O)OC. The molecule has 0 radical (unpaired) electrons. The van der Waals surface area contributed by atoms with E-state index in [4.69, 9.17) is 5.26 Å². The number of carbonyl (C=O) groups excluding carboxylic acids is 1. The van der Waals surface area contributed by atoms with E-state index in [2.05, 4.69) is 9.96 Å². The van der Waals surface area contributed by atoms with E-state index in [0.29, 0.717) is 5.03 Å². The Bertz CT molecular complexity index is 240. The van der Waals surface area contributed by atoms with Gasteiger partial charge < -0.3 is 9.96 Å². The monoisotopic (exact) mass is 184 g/mol. The predicted molar refractivity (Wildman–Crippen MR) is 49.8 cm³/mol. The van der Waals surface area contributed by atoms with Crippen LogP contribution in [0.15, 0.2) is 10.6 Å². The Balaban J connectivity index is 4.85. The van der Waals surface area contributed by atoms with Gasteiger partial charge in [0.15, 0.2) is 5.57 Å². The minimum atomic E-state index is -0.615. The summed E-state index contributed by atoms with van der Waals surface area (Å²) in [7, 11) is 2.89. The first-order chi connectivity index (χ1) is 5.71. The number of hydrogen-bond donors (Lipinski definition) is 1. The lowest BCUT2D eigenvalue weighted by molar-refractivity contribution is -0.135. The van der Waals surface area contributed by atoms with Gasteiger partial charge in [-0.25, -0.2) is 4.79 Å². The summed E-state index contributed by atoms with van der Waals surface area (Å²) in [5.74, 6) is -0.615. The first-order valence-electron chi connectivity index (χ1n) is 3.15. The van der Waals surface area contributed by atoms with Crippen molar-refractivity contribution in [1.82, 2.24) is 5.23 Å². The normalized spacial score (nSPS) is 11.1. The number of ether oxygens (including phenoxy) is 1. The van der Waals surface area contributed by atoms with Gasteiger partial charge in [-0.2, -0.15) is 5.26 Å². The summed E-state index contributed by atoms with van der Waals surface area (Å²) in [6.45, 7) is 0. The fourth-order valence-corrected chi connectivity index (χ4v) is 1.16. The molecule has 0 amide bonds. The number of nitrogens with one attached hydrogen (secondary N) is 1. The quantitative estimate of drug-likeness (QED) is 0.274. The van der Waals surface area contributed by atoms with Crippen LogP contribution < -0.4 is 5.23 Å². The highest BCUT2D eigenvalue weighted by Gasteiger charge is 2.13. The topological polar surface area (TPSA) is 62.1 Å². The molecule has 0 aromatic heterocycles. The molecule has 0 saturated heterocycles. The highest BCUT2D eigenvalue weighted by atomic mass is 32.2. The van der Waals surface area contributed by atoms with Crippen molar-refractivity contribution in [3.8, 4) is 6.07 Å².